The second kappa shape index (κ2) is 17.5. The van der Waals surface area contributed by atoms with Crippen LogP contribution in [0.15, 0.2) is 60.7 Å². The number of amides is 3. The molecule has 3 atom stereocenters. The number of carbonyl (C=O) groups is 6. The maximum absolute atomic E-state index is 14.4. The van der Waals surface area contributed by atoms with Crippen LogP contribution in [0.5, 0.6) is 0 Å². The molecule has 13 nitrogen and oxygen atoms in total. The Morgan fingerprint density at radius 2 is 1.43 bits per heavy atom. The molecular formula is C32H39BrN4O9. The lowest BCUT2D eigenvalue weighted by atomic mass is 9.87. The van der Waals surface area contributed by atoms with E-state index in [1.807, 2.05) is 0 Å². The number of nitrogens with two attached hydrogens (primary N) is 2. The largest absolute Gasteiger partial charge is 0.480 e. The number of aliphatic carboxylic acids is 1. The van der Waals surface area contributed by atoms with E-state index in [2.05, 4.69) is 15.9 Å². The second-order valence-corrected chi connectivity index (χ2v) is 11.6. The number of likely N-dealkylation sites (tertiary alicyclic amines) is 1. The highest BCUT2D eigenvalue weighted by atomic mass is 79.9. The predicted molar refractivity (Wildman–Crippen MR) is 169 cm³/mol. The molecule has 2 aromatic rings. The summed E-state index contributed by atoms with van der Waals surface area (Å²) >= 11 is 3.01. The van der Waals surface area contributed by atoms with Crippen LogP contribution in [0.4, 0.5) is 4.79 Å². The molecule has 0 aliphatic carbocycles. The summed E-state index contributed by atoms with van der Waals surface area (Å²) in [4.78, 5) is 81.2. The number of ketones is 1. The number of piperidine rings is 1. The lowest BCUT2D eigenvalue weighted by Gasteiger charge is -2.39. The Morgan fingerprint density at radius 3 is 1.93 bits per heavy atom. The number of primary amides is 1. The van der Waals surface area contributed by atoms with Crippen LogP contribution in [-0.2, 0) is 46.7 Å². The number of imide groups is 1. The van der Waals surface area contributed by atoms with Gasteiger partial charge in [0.15, 0.2) is 5.54 Å². The van der Waals surface area contributed by atoms with Crippen molar-refractivity contribution in [2.24, 2.45) is 11.5 Å². The second-order valence-electron chi connectivity index (χ2n) is 11.0. The average Bonchev–Trinajstić information content (AvgIpc) is 3.07. The number of carboxylic acids is 1. The minimum atomic E-state index is -2.76. The fraction of sp³-hybridized carbons (Fsp3) is 0.438. The van der Waals surface area contributed by atoms with E-state index < -0.39 is 66.1 Å². The van der Waals surface area contributed by atoms with Crippen molar-refractivity contribution in [1.82, 2.24) is 9.80 Å². The van der Waals surface area contributed by atoms with Crippen molar-refractivity contribution in [3.63, 3.8) is 0 Å². The quantitative estimate of drug-likeness (QED) is 0.132. The van der Waals surface area contributed by atoms with Gasteiger partial charge in [0.2, 0.25) is 5.91 Å². The summed E-state index contributed by atoms with van der Waals surface area (Å²) in [6.45, 7) is 0.222. The number of esters is 1. The number of ether oxygens (including phenoxy) is 2. The van der Waals surface area contributed by atoms with E-state index in [0.29, 0.717) is 24.2 Å². The van der Waals surface area contributed by atoms with Crippen molar-refractivity contribution >= 4 is 51.6 Å². The molecule has 0 spiro atoms. The zero-order valence-corrected chi connectivity index (χ0v) is 26.9. The Hall–Kier alpha value is -4.14. The zero-order chi connectivity index (χ0) is 33.7. The first-order chi connectivity index (χ1) is 22.0. The van der Waals surface area contributed by atoms with Crippen LogP contribution < -0.4 is 11.5 Å². The van der Waals surface area contributed by atoms with Crippen molar-refractivity contribution in [2.75, 3.05) is 18.4 Å². The van der Waals surface area contributed by atoms with Crippen LogP contribution in [0, 0.1) is 0 Å². The molecule has 46 heavy (non-hydrogen) atoms. The topological polar surface area (TPSA) is 200 Å². The van der Waals surface area contributed by atoms with E-state index in [-0.39, 0.29) is 29.9 Å². The molecule has 3 amide bonds. The number of carbonyl (C=O) groups excluding carboxylic acids is 5. The molecule has 0 saturated carbocycles. The molecule has 1 aliphatic heterocycles. The van der Waals surface area contributed by atoms with Crippen LogP contribution in [-0.4, -0.2) is 86.6 Å². The number of alkyl halides is 1. The monoisotopic (exact) mass is 702 g/mol. The van der Waals surface area contributed by atoms with Crippen molar-refractivity contribution in [2.45, 2.75) is 69.4 Å². The molecule has 1 unspecified atom stereocenters. The van der Waals surface area contributed by atoms with Crippen molar-refractivity contribution in [3.8, 4) is 0 Å². The summed E-state index contributed by atoms with van der Waals surface area (Å²) in [5, 5.41) is 10.1. The highest BCUT2D eigenvalue weighted by molar-refractivity contribution is 9.09. The number of carboxylic acid groups (broad SMARTS) is 1. The van der Waals surface area contributed by atoms with E-state index in [1.54, 1.807) is 65.6 Å². The minimum Gasteiger partial charge on any atom is -0.480 e. The van der Waals surface area contributed by atoms with E-state index >= 15 is 0 Å². The maximum Gasteiger partial charge on any atom is 0.417 e. The van der Waals surface area contributed by atoms with Crippen LogP contribution in [0.25, 0.3) is 0 Å². The third kappa shape index (κ3) is 9.93. The van der Waals surface area contributed by atoms with Crippen LogP contribution in [0.2, 0.25) is 0 Å². The first-order valence-corrected chi connectivity index (χ1v) is 16.0. The zero-order valence-electron chi connectivity index (χ0n) is 25.3. The molecule has 0 radical (unpaired) electrons. The number of nitrogens with zero attached hydrogens (tertiary/aromatic N) is 2. The third-order valence-corrected chi connectivity index (χ3v) is 8.32. The molecule has 1 heterocycles. The lowest BCUT2D eigenvalue weighted by Crippen LogP contribution is -2.67. The van der Waals surface area contributed by atoms with Gasteiger partial charge in [0, 0.05) is 12.8 Å². The standard InChI is InChI=1S/C32H39BrN4O9/c33-19-24(38)14-15-25(28(40)41)37(31(44)46-21-23-12-6-2-7-13-23)29(42)32(35,30(43)45-20-22-10-4-1-5-11-22)18-26(27(34)39)36-16-8-3-9-17-36/h1-2,4-7,10-13,25-26H,3,8-9,14-21,35H2,(H2,34,39)(H,40,41)/t25-,26?,32-/m0/s1. The van der Waals surface area contributed by atoms with Crippen molar-refractivity contribution < 1.29 is 43.3 Å². The van der Waals surface area contributed by atoms with Gasteiger partial charge in [-0.1, -0.05) is 83.0 Å². The van der Waals surface area contributed by atoms with Gasteiger partial charge in [-0.3, -0.25) is 19.3 Å². The van der Waals surface area contributed by atoms with Crippen molar-refractivity contribution in [1.29, 1.82) is 0 Å². The van der Waals surface area contributed by atoms with Gasteiger partial charge in [0.05, 0.1) is 11.4 Å². The summed E-state index contributed by atoms with van der Waals surface area (Å²) in [5.74, 6) is -5.67. The SMILES string of the molecule is NC(=O)C(C[C@@](N)(C(=O)OCc1ccccc1)C(=O)N(C(=O)OCc1ccccc1)[C@@H](CCC(=O)CBr)C(=O)O)N1CCCCC1. The average molecular weight is 704 g/mol. The molecule has 14 heteroatoms. The van der Waals surface area contributed by atoms with Gasteiger partial charge in [-0.25, -0.2) is 19.3 Å². The summed E-state index contributed by atoms with van der Waals surface area (Å²) < 4.78 is 10.8. The summed E-state index contributed by atoms with van der Waals surface area (Å²) in [5.41, 5.74) is 10.7. The van der Waals surface area contributed by atoms with E-state index in [9.17, 15) is 33.9 Å². The molecule has 2 aromatic carbocycles. The van der Waals surface area contributed by atoms with Gasteiger partial charge in [-0.05, 0) is 43.5 Å². The molecule has 1 saturated heterocycles. The number of rotatable bonds is 16. The molecule has 1 aliphatic rings. The third-order valence-electron chi connectivity index (χ3n) is 7.70. The van der Waals surface area contributed by atoms with E-state index in [1.165, 1.54) is 0 Å². The first-order valence-electron chi connectivity index (χ1n) is 14.9. The fourth-order valence-corrected chi connectivity index (χ4v) is 5.42. The van der Waals surface area contributed by atoms with Crippen molar-refractivity contribution in [3.05, 3.63) is 71.8 Å². The van der Waals surface area contributed by atoms with E-state index in [4.69, 9.17) is 20.9 Å². The van der Waals surface area contributed by atoms with E-state index in [0.717, 1.165) is 19.3 Å². The Bertz CT molecular complexity index is 1370. The molecule has 248 valence electrons. The van der Waals surface area contributed by atoms with Gasteiger partial charge in [-0.15, -0.1) is 0 Å². The normalized spacial score (nSPS) is 15.9. The highest BCUT2D eigenvalue weighted by Crippen LogP contribution is 2.26. The number of hydrogen-bond donors (Lipinski definition) is 3. The number of Topliss-reactive ketones (excluding diaryl/α,β-unsaturated/α-hetero) is 1. The summed E-state index contributed by atoms with van der Waals surface area (Å²) in [6, 6.07) is 13.7. The predicted octanol–water partition coefficient (Wildman–Crippen LogP) is 2.52. The number of benzene rings is 2. The maximum atomic E-state index is 14.4. The van der Waals surface area contributed by atoms with Crippen LogP contribution >= 0.6 is 15.9 Å². The van der Waals surface area contributed by atoms with Crippen LogP contribution in [0.1, 0.15) is 49.7 Å². The molecule has 0 bridgehead atoms. The molecule has 3 rings (SSSR count). The van der Waals surface area contributed by atoms with Gasteiger partial charge < -0.3 is 26.0 Å². The lowest BCUT2D eigenvalue weighted by molar-refractivity contribution is -0.163. The van der Waals surface area contributed by atoms with Crippen LogP contribution in [0.3, 0.4) is 0 Å². The molecule has 1 fully saturated rings. The summed E-state index contributed by atoms with van der Waals surface area (Å²) in [7, 11) is 0. The Morgan fingerprint density at radius 1 is 0.891 bits per heavy atom. The Kier molecular flexibility index (Phi) is 13.8. The highest BCUT2D eigenvalue weighted by Gasteiger charge is 2.53. The van der Waals surface area contributed by atoms with Gasteiger partial charge in [0.25, 0.3) is 5.91 Å². The first kappa shape index (κ1) is 36.3. The van der Waals surface area contributed by atoms with Gasteiger partial charge in [0.1, 0.15) is 25.0 Å². The molecule has 0 aromatic heterocycles. The van der Waals surface area contributed by atoms with Gasteiger partial charge in [-0.2, -0.15) is 0 Å². The smallest absolute Gasteiger partial charge is 0.417 e. The van der Waals surface area contributed by atoms with Gasteiger partial charge >= 0.3 is 18.0 Å². The Balaban J connectivity index is 2.05. The number of hydrogen-bond acceptors (Lipinski definition) is 10. The molecular weight excluding hydrogens is 664 g/mol. The Labute approximate surface area is 275 Å². The molecule has 5 N–H and O–H groups in total. The fourth-order valence-electron chi connectivity index (χ4n) is 5.14. The number of halogens is 1. The minimum absolute atomic E-state index is 0.0888. The summed E-state index contributed by atoms with van der Waals surface area (Å²) in [6.07, 6.45) is -0.570.